The number of nitrogens with two attached hydrogens (primary N) is 1. The molecular formula is C28H34N8O2. The number of para-hydroxylation sites is 1. The summed E-state index contributed by atoms with van der Waals surface area (Å²) in [4.78, 5) is 39.5. The third-order valence-corrected chi connectivity index (χ3v) is 7.15. The highest BCUT2D eigenvalue weighted by atomic mass is 16.2. The van der Waals surface area contributed by atoms with Gasteiger partial charge in [0.15, 0.2) is 0 Å². The van der Waals surface area contributed by atoms with Crippen LogP contribution in [0.3, 0.4) is 0 Å². The van der Waals surface area contributed by atoms with Crippen LogP contribution in [0.1, 0.15) is 19.8 Å². The molecule has 0 bridgehead atoms. The second-order valence-corrected chi connectivity index (χ2v) is 9.50. The number of aromatic nitrogens is 2. The second kappa shape index (κ2) is 11.5. The highest BCUT2D eigenvalue weighted by Crippen LogP contribution is 2.30. The topological polar surface area (TPSA) is 120 Å². The number of hydrogen-bond acceptors (Lipinski definition) is 7. The fourth-order valence-electron chi connectivity index (χ4n) is 5.12. The Morgan fingerprint density at radius 2 is 1.84 bits per heavy atom. The summed E-state index contributed by atoms with van der Waals surface area (Å²) in [7, 11) is 0. The molecule has 38 heavy (non-hydrogen) atoms. The minimum atomic E-state index is -0.508. The Morgan fingerprint density at radius 3 is 2.53 bits per heavy atom. The number of carbonyl (C=O) groups excluding carboxylic acids is 2. The number of nitrogens with zero attached hydrogens (tertiary/aromatic N) is 5. The highest BCUT2D eigenvalue weighted by Gasteiger charge is 2.29. The Labute approximate surface area is 222 Å². The number of benzene rings is 2. The van der Waals surface area contributed by atoms with E-state index in [0.29, 0.717) is 23.9 Å². The van der Waals surface area contributed by atoms with Crippen LogP contribution in [0.15, 0.2) is 60.8 Å². The van der Waals surface area contributed by atoms with Crippen LogP contribution in [0.5, 0.6) is 0 Å². The van der Waals surface area contributed by atoms with Crippen LogP contribution in [0.25, 0.3) is 11.3 Å². The molecule has 2 aliphatic rings. The predicted molar refractivity (Wildman–Crippen MR) is 150 cm³/mol. The summed E-state index contributed by atoms with van der Waals surface area (Å²) in [5.74, 6) is 0.698. The predicted octanol–water partition coefficient (Wildman–Crippen LogP) is 3.19. The summed E-state index contributed by atoms with van der Waals surface area (Å²) in [5.41, 5.74) is 9.78. The Kier molecular flexibility index (Phi) is 7.69. The lowest BCUT2D eigenvalue weighted by molar-refractivity contribution is -0.133. The molecule has 4 N–H and O–H groups in total. The summed E-state index contributed by atoms with van der Waals surface area (Å²) >= 11 is 0. The SMILES string of the molecule is CCN(C(N)=O)c1ccccc1-c1ccnc(Nc2ccc(N3CCN(C(=O)[C@@H]4CCCN4)CC3)cc2)n1. The summed E-state index contributed by atoms with van der Waals surface area (Å²) in [5, 5.41) is 6.58. The third kappa shape index (κ3) is 5.55. The van der Waals surface area contributed by atoms with Gasteiger partial charge in [-0.15, -0.1) is 0 Å². The summed E-state index contributed by atoms with van der Waals surface area (Å²) in [6, 6.07) is 17.0. The van der Waals surface area contributed by atoms with E-state index in [4.69, 9.17) is 10.7 Å². The van der Waals surface area contributed by atoms with Gasteiger partial charge in [0.25, 0.3) is 0 Å². The zero-order chi connectivity index (χ0) is 26.5. The average molecular weight is 515 g/mol. The molecule has 10 nitrogen and oxygen atoms in total. The van der Waals surface area contributed by atoms with Gasteiger partial charge in [0.2, 0.25) is 11.9 Å². The van der Waals surface area contributed by atoms with Crippen molar-refractivity contribution in [1.82, 2.24) is 20.2 Å². The van der Waals surface area contributed by atoms with Gasteiger partial charge in [-0.25, -0.2) is 14.8 Å². The number of anilines is 4. The summed E-state index contributed by atoms with van der Waals surface area (Å²) < 4.78 is 0. The van der Waals surface area contributed by atoms with Gasteiger partial charge in [0, 0.05) is 55.9 Å². The Bertz CT molecular complexity index is 1270. The van der Waals surface area contributed by atoms with E-state index in [1.165, 1.54) is 4.90 Å². The van der Waals surface area contributed by atoms with Gasteiger partial charge in [-0.1, -0.05) is 18.2 Å². The van der Waals surface area contributed by atoms with Crippen LogP contribution < -0.4 is 26.2 Å². The number of nitrogens with one attached hydrogen (secondary N) is 2. The molecule has 0 saturated carbocycles. The molecule has 0 spiro atoms. The first-order valence-electron chi connectivity index (χ1n) is 13.2. The standard InChI is InChI=1S/C28H34N8O2/c1-2-36(27(29)38)25-8-4-3-6-22(25)23-13-15-31-28(33-23)32-20-9-11-21(12-10-20)34-16-18-35(19-17-34)26(37)24-7-5-14-30-24/h3-4,6,8-13,15,24,30H,2,5,7,14,16-19H2,1H3,(H2,29,38)(H,31,32,33)/t24-/m0/s1. The molecule has 1 aromatic heterocycles. The maximum absolute atomic E-state index is 12.7. The van der Waals surface area contributed by atoms with Gasteiger partial charge in [-0.05, 0) is 62.7 Å². The van der Waals surface area contributed by atoms with E-state index in [1.54, 1.807) is 6.20 Å². The molecule has 2 saturated heterocycles. The molecule has 2 aliphatic heterocycles. The fraction of sp³-hybridized carbons (Fsp3) is 0.357. The fourth-order valence-corrected chi connectivity index (χ4v) is 5.12. The molecular weight excluding hydrogens is 480 g/mol. The first-order chi connectivity index (χ1) is 18.5. The van der Waals surface area contributed by atoms with Crippen LogP contribution >= 0.6 is 0 Å². The number of rotatable bonds is 7. The van der Waals surface area contributed by atoms with Gasteiger partial charge in [0.05, 0.1) is 17.4 Å². The molecule has 5 rings (SSSR count). The zero-order valence-electron chi connectivity index (χ0n) is 21.6. The zero-order valence-corrected chi connectivity index (χ0v) is 21.6. The van der Waals surface area contributed by atoms with E-state index >= 15 is 0 Å². The van der Waals surface area contributed by atoms with Crippen LogP contribution in [-0.2, 0) is 4.79 Å². The largest absolute Gasteiger partial charge is 0.368 e. The highest BCUT2D eigenvalue weighted by molar-refractivity contribution is 5.95. The quantitative estimate of drug-likeness (QED) is 0.443. The number of carbonyl (C=O) groups is 2. The monoisotopic (exact) mass is 514 g/mol. The summed E-state index contributed by atoms with van der Waals surface area (Å²) in [6.07, 6.45) is 3.71. The first kappa shape index (κ1) is 25.5. The van der Waals surface area contributed by atoms with E-state index < -0.39 is 6.03 Å². The Morgan fingerprint density at radius 1 is 1.08 bits per heavy atom. The lowest BCUT2D eigenvalue weighted by atomic mass is 10.1. The molecule has 0 aliphatic carbocycles. The van der Waals surface area contributed by atoms with Gasteiger partial charge in [-0.3, -0.25) is 9.69 Å². The van der Waals surface area contributed by atoms with Crippen molar-refractivity contribution in [2.45, 2.75) is 25.8 Å². The van der Waals surface area contributed by atoms with E-state index in [2.05, 4.69) is 32.7 Å². The van der Waals surface area contributed by atoms with Crippen molar-refractivity contribution >= 4 is 34.9 Å². The molecule has 3 amide bonds. The van der Waals surface area contributed by atoms with Crippen molar-refractivity contribution in [3.63, 3.8) is 0 Å². The molecule has 198 valence electrons. The average Bonchev–Trinajstić information content (AvgIpc) is 3.49. The normalized spacial score (nSPS) is 17.3. The maximum Gasteiger partial charge on any atom is 0.319 e. The van der Waals surface area contributed by atoms with Crippen LogP contribution in [0, 0.1) is 0 Å². The Hall–Kier alpha value is -4.18. The Balaban J connectivity index is 1.23. The molecule has 3 aromatic rings. The van der Waals surface area contributed by atoms with Crippen molar-refractivity contribution < 1.29 is 9.59 Å². The molecule has 0 unspecified atom stereocenters. The molecule has 2 aromatic carbocycles. The second-order valence-electron chi connectivity index (χ2n) is 9.50. The van der Waals surface area contributed by atoms with Crippen molar-refractivity contribution in [2.24, 2.45) is 5.73 Å². The first-order valence-corrected chi connectivity index (χ1v) is 13.2. The van der Waals surface area contributed by atoms with Crippen molar-refractivity contribution in [2.75, 3.05) is 54.4 Å². The smallest absolute Gasteiger partial charge is 0.319 e. The van der Waals surface area contributed by atoms with Crippen molar-refractivity contribution in [3.05, 3.63) is 60.8 Å². The minimum absolute atomic E-state index is 0.00477. The molecule has 1 atom stereocenters. The molecule has 3 heterocycles. The lowest BCUT2D eigenvalue weighted by Gasteiger charge is -2.37. The van der Waals surface area contributed by atoms with Crippen LogP contribution in [-0.4, -0.2) is 72.1 Å². The molecule has 10 heteroatoms. The lowest BCUT2D eigenvalue weighted by Crippen LogP contribution is -2.53. The number of primary amides is 1. The third-order valence-electron chi connectivity index (χ3n) is 7.15. The van der Waals surface area contributed by atoms with Crippen molar-refractivity contribution in [3.8, 4) is 11.3 Å². The minimum Gasteiger partial charge on any atom is -0.368 e. The number of hydrogen-bond donors (Lipinski definition) is 3. The summed E-state index contributed by atoms with van der Waals surface area (Å²) in [6.45, 7) is 6.38. The number of piperazine rings is 1. The van der Waals surface area contributed by atoms with Gasteiger partial charge in [0.1, 0.15) is 0 Å². The van der Waals surface area contributed by atoms with Gasteiger partial charge < -0.3 is 26.2 Å². The molecule has 2 fully saturated rings. The van der Waals surface area contributed by atoms with E-state index in [1.807, 2.05) is 54.3 Å². The van der Waals surface area contributed by atoms with E-state index in [-0.39, 0.29) is 11.9 Å². The number of urea groups is 1. The van der Waals surface area contributed by atoms with Crippen molar-refractivity contribution in [1.29, 1.82) is 0 Å². The van der Waals surface area contributed by atoms with Gasteiger partial charge in [-0.2, -0.15) is 0 Å². The van der Waals surface area contributed by atoms with E-state index in [9.17, 15) is 9.59 Å². The number of amides is 3. The van der Waals surface area contributed by atoms with Crippen LogP contribution in [0.2, 0.25) is 0 Å². The van der Waals surface area contributed by atoms with Crippen LogP contribution in [0.4, 0.5) is 27.8 Å². The van der Waals surface area contributed by atoms with E-state index in [0.717, 1.165) is 62.5 Å². The van der Waals surface area contributed by atoms with Gasteiger partial charge >= 0.3 is 6.03 Å². The molecule has 0 radical (unpaired) electrons. The maximum atomic E-state index is 12.7.